The van der Waals surface area contributed by atoms with E-state index in [1.165, 1.54) is 29.5 Å². The van der Waals surface area contributed by atoms with Crippen LogP contribution in [0, 0.1) is 12.7 Å². The number of carbonyl (C=O) groups excluding carboxylic acids is 1. The lowest BCUT2D eigenvalue weighted by Crippen LogP contribution is -2.22. The molecule has 3 aliphatic rings. The van der Waals surface area contributed by atoms with E-state index in [0.717, 1.165) is 48.1 Å². The number of pyridine rings is 2. The fraction of sp³-hybridized carbons (Fsp3) is 0.308. The third-order valence-corrected chi connectivity index (χ3v) is 11.6. The summed E-state index contributed by atoms with van der Waals surface area (Å²) in [6.45, 7) is 2.32. The number of benzene rings is 2. The predicted molar refractivity (Wildman–Crippen MR) is 190 cm³/mol. The number of hydrogen-bond acceptors (Lipinski definition) is 9. The van der Waals surface area contributed by atoms with Gasteiger partial charge in [0.15, 0.2) is 0 Å². The maximum Gasteiger partial charge on any atom is 0.280 e. The molecule has 1 N–H and O–H groups in total. The number of aryl methyl sites for hydroxylation is 3. The van der Waals surface area contributed by atoms with Crippen molar-refractivity contribution in [3.05, 3.63) is 106 Å². The molecular weight excluding hydrogens is 690 g/mol. The van der Waals surface area contributed by atoms with Gasteiger partial charge >= 0.3 is 0 Å². The van der Waals surface area contributed by atoms with Crippen molar-refractivity contribution in [2.24, 2.45) is 0 Å². The number of amides is 1. The molecule has 0 unspecified atom stereocenters. The second-order valence-electron chi connectivity index (χ2n) is 13.5. The summed E-state index contributed by atoms with van der Waals surface area (Å²) in [5.41, 5.74) is 5.70. The zero-order valence-electron chi connectivity index (χ0n) is 28.4. The molecule has 9 rings (SSSR count). The van der Waals surface area contributed by atoms with Gasteiger partial charge in [-0.25, -0.2) is 18.2 Å². The normalized spacial score (nSPS) is 17.7. The number of alkyl halides is 2. The maximum absolute atomic E-state index is 14.4. The molecular formula is C39H33F3N6O3S. The molecule has 1 aliphatic carbocycles. The highest BCUT2D eigenvalue weighted by atomic mass is 32.1. The van der Waals surface area contributed by atoms with E-state index in [4.69, 9.17) is 14.1 Å². The smallest absolute Gasteiger partial charge is 0.280 e. The Hall–Kier alpha value is -5.30. The first kappa shape index (κ1) is 32.6. The fourth-order valence-electron chi connectivity index (χ4n) is 8.05. The number of rotatable bonds is 9. The van der Waals surface area contributed by atoms with Crippen molar-refractivity contribution in [1.82, 2.24) is 25.1 Å². The third-order valence-electron chi connectivity index (χ3n) is 10.4. The molecule has 0 bridgehead atoms. The first-order valence-corrected chi connectivity index (χ1v) is 18.2. The Kier molecular flexibility index (Phi) is 7.98. The lowest BCUT2D eigenvalue weighted by atomic mass is 9.93. The number of nitrogens with one attached hydrogen (secondary N) is 1. The highest BCUT2D eigenvalue weighted by Crippen LogP contribution is 2.51. The van der Waals surface area contributed by atoms with Crippen LogP contribution in [0.1, 0.15) is 87.8 Å². The van der Waals surface area contributed by atoms with E-state index in [0.29, 0.717) is 74.1 Å². The van der Waals surface area contributed by atoms with Crippen molar-refractivity contribution in [3.63, 3.8) is 0 Å². The lowest BCUT2D eigenvalue weighted by molar-refractivity contribution is 0.0776. The van der Waals surface area contributed by atoms with Crippen molar-refractivity contribution >= 4 is 33.1 Å². The van der Waals surface area contributed by atoms with E-state index in [1.807, 2.05) is 29.2 Å². The van der Waals surface area contributed by atoms with E-state index < -0.39 is 6.43 Å². The van der Waals surface area contributed by atoms with Crippen LogP contribution >= 0.6 is 11.3 Å². The van der Waals surface area contributed by atoms with Crippen LogP contribution in [0.5, 0.6) is 5.75 Å². The summed E-state index contributed by atoms with van der Waals surface area (Å²) < 4.78 is 54.9. The molecule has 9 nitrogen and oxygen atoms in total. The second-order valence-corrected chi connectivity index (χ2v) is 14.5. The zero-order valence-corrected chi connectivity index (χ0v) is 29.2. The average molecular weight is 723 g/mol. The van der Waals surface area contributed by atoms with E-state index in [1.54, 1.807) is 26.2 Å². The van der Waals surface area contributed by atoms with Gasteiger partial charge in [-0.05, 0) is 90.9 Å². The van der Waals surface area contributed by atoms with Gasteiger partial charge in [0.05, 0.1) is 46.4 Å². The topological polar surface area (TPSA) is 106 Å². The number of ether oxygens (including phenoxy) is 1. The molecule has 0 radical (unpaired) electrons. The van der Waals surface area contributed by atoms with Crippen LogP contribution in [0.4, 0.5) is 19.0 Å². The van der Waals surface area contributed by atoms with E-state index in [2.05, 4.69) is 20.5 Å². The first-order valence-electron chi connectivity index (χ1n) is 17.4. The number of nitrogens with zero attached hydrogens (tertiary/aromatic N) is 5. The Morgan fingerprint density at radius 3 is 2.65 bits per heavy atom. The monoisotopic (exact) mass is 722 g/mol. The summed E-state index contributed by atoms with van der Waals surface area (Å²) in [6.07, 6.45) is 1.39. The molecule has 2 aliphatic heterocycles. The van der Waals surface area contributed by atoms with Crippen molar-refractivity contribution in [1.29, 1.82) is 0 Å². The van der Waals surface area contributed by atoms with Crippen molar-refractivity contribution in [2.45, 2.75) is 64.0 Å². The molecule has 13 heteroatoms. The Bertz CT molecular complexity index is 2380. The maximum atomic E-state index is 14.4. The van der Waals surface area contributed by atoms with Crippen molar-refractivity contribution in [3.8, 4) is 27.6 Å². The van der Waals surface area contributed by atoms with Crippen LogP contribution < -0.4 is 10.1 Å². The summed E-state index contributed by atoms with van der Waals surface area (Å²) in [6, 6.07) is 15.2. The van der Waals surface area contributed by atoms with Gasteiger partial charge < -0.3 is 19.4 Å². The molecule has 6 aromatic rings. The molecule has 1 amide bonds. The molecule has 264 valence electrons. The first-order chi connectivity index (χ1) is 25.3. The number of hydrogen-bond donors (Lipinski definition) is 1. The molecule has 4 aromatic heterocycles. The van der Waals surface area contributed by atoms with Crippen LogP contribution in [0.2, 0.25) is 0 Å². The van der Waals surface area contributed by atoms with Gasteiger partial charge in [0.25, 0.3) is 12.3 Å². The predicted octanol–water partition coefficient (Wildman–Crippen LogP) is 8.98. The quantitative estimate of drug-likeness (QED) is 0.158. The van der Waals surface area contributed by atoms with Gasteiger partial charge in [-0.2, -0.15) is 0 Å². The molecule has 6 heterocycles. The van der Waals surface area contributed by atoms with Crippen molar-refractivity contribution < 1.29 is 27.1 Å². The number of aromatic nitrogens is 4. The van der Waals surface area contributed by atoms with E-state index in [9.17, 15) is 18.0 Å². The minimum absolute atomic E-state index is 0.124. The highest BCUT2D eigenvalue weighted by molar-refractivity contribution is 7.23. The fourth-order valence-corrected chi connectivity index (χ4v) is 9.20. The summed E-state index contributed by atoms with van der Waals surface area (Å²) >= 11 is 1.38. The van der Waals surface area contributed by atoms with Crippen LogP contribution in [0.15, 0.2) is 59.0 Å². The second kappa shape index (κ2) is 12.7. The molecule has 52 heavy (non-hydrogen) atoms. The minimum atomic E-state index is -2.79. The number of fused-ring (bicyclic) bond motifs is 5. The van der Waals surface area contributed by atoms with Crippen LogP contribution in [-0.4, -0.2) is 44.6 Å². The Morgan fingerprint density at radius 2 is 1.88 bits per heavy atom. The molecule has 1 saturated heterocycles. The number of carbonyl (C=O) groups is 1. The Morgan fingerprint density at radius 1 is 1.04 bits per heavy atom. The van der Waals surface area contributed by atoms with E-state index >= 15 is 0 Å². The molecule has 1 fully saturated rings. The lowest BCUT2D eigenvalue weighted by Gasteiger charge is -2.17. The number of methoxy groups -OCH3 is 1. The standard InChI is InChI=1S/C39H33F3N6O3S/c1-19-46-47-38(51-19)31-26(14-10-20-8-11-22(40)12-9-20)43-34-28-6-4-16-48(28)39(49)33(34)32(31)30-18-21-17-27(36(41)42)45-37(35(21)52-30)44-25-15-13-24-23(25)5-3-7-29(24)50-2/h3,5,7-9,11-12,17-18,25,28,36H,4,6,10,13-16H2,1-2H3,(H,44,45)/t25-,28+/m1/s1. The highest BCUT2D eigenvalue weighted by Gasteiger charge is 2.45. The van der Waals surface area contributed by atoms with Crippen LogP contribution in [0.3, 0.4) is 0 Å². The largest absolute Gasteiger partial charge is 0.496 e. The number of halogens is 3. The molecule has 2 atom stereocenters. The summed E-state index contributed by atoms with van der Waals surface area (Å²) in [7, 11) is 1.64. The van der Waals surface area contributed by atoms with Crippen LogP contribution in [0.25, 0.3) is 32.0 Å². The van der Waals surface area contributed by atoms with Gasteiger partial charge in [0.1, 0.15) is 23.1 Å². The molecule has 2 aromatic carbocycles. The molecule has 0 spiro atoms. The van der Waals surface area contributed by atoms with Crippen LogP contribution in [-0.2, 0) is 19.3 Å². The zero-order chi connectivity index (χ0) is 35.7. The summed E-state index contributed by atoms with van der Waals surface area (Å²) in [5.74, 6) is 1.28. The Labute approximate surface area is 300 Å². The number of anilines is 1. The van der Waals surface area contributed by atoms with Gasteiger partial charge in [-0.3, -0.25) is 9.78 Å². The van der Waals surface area contributed by atoms with Crippen molar-refractivity contribution in [2.75, 3.05) is 19.0 Å². The summed E-state index contributed by atoms with van der Waals surface area (Å²) in [5, 5.41) is 12.6. The minimum Gasteiger partial charge on any atom is -0.496 e. The van der Waals surface area contributed by atoms with Gasteiger partial charge in [-0.1, -0.05) is 24.3 Å². The Balaban J connectivity index is 1.23. The van der Waals surface area contributed by atoms with Gasteiger partial charge in [0.2, 0.25) is 11.8 Å². The van der Waals surface area contributed by atoms with E-state index in [-0.39, 0.29) is 35.4 Å². The molecule has 0 saturated carbocycles. The SMILES string of the molecule is COc1cccc2c1CC[C@H]2Nc1nc(C(F)F)cc2cc(-c3c4c(nc(CCc5ccc(F)cc5)c3-c3nnc(C)o3)[C@@H]3CCCN3C4=O)sc12. The number of thiophene rings is 1. The summed E-state index contributed by atoms with van der Waals surface area (Å²) in [4.78, 5) is 26.4. The van der Waals surface area contributed by atoms with Gasteiger partial charge in [-0.15, -0.1) is 21.5 Å². The average Bonchev–Trinajstić information content (AvgIpc) is 3.98. The van der Waals surface area contributed by atoms with Gasteiger partial charge in [0, 0.05) is 23.9 Å². The third kappa shape index (κ3) is 5.40.